The fourth-order valence-corrected chi connectivity index (χ4v) is 5.03. The summed E-state index contributed by atoms with van der Waals surface area (Å²) in [5, 5.41) is 14.8. The molecule has 3 N–H and O–H groups in total. The molecule has 186 valence electrons. The van der Waals surface area contributed by atoms with Crippen molar-refractivity contribution in [1.82, 2.24) is 15.5 Å². The minimum absolute atomic E-state index is 0.0168. The van der Waals surface area contributed by atoms with Gasteiger partial charge < -0.3 is 20.5 Å². The van der Waals surface area contributed by atoms with E-state index in [0.717, 1.165) is 0 Å². The molecule has 8 nitrogen and oxygen atoms in total. The smallest absolute Gasteiger partial charge is 0.407 e. The number of piperidine rings is 1. The molecule has 1 fully saturated rings. The van der Waals surface area contributed by atoms with E-state index in [-0.39, 0.29) is 31.0 Å². The van der Waals surface area contributed by atoms with Crippen LogP contribution < -0.4 is 10.6 Å². The number of amides is 2. The minimum Gasteiger partial charge on any atom is -0.480 e. The maximum absolute atomic E-state index is 12.5. The standard InChI is InChI=1S/C27H33N3O5/c1-2-7-24(26(32)33)29-25(31)16-30-14-12-18(13-15-30)28-27(34)35-17-23-21-10-5-3-8-19(21)20-9-4-6-11-22(20)23/h3-6,8-11,18,23-24H,2,7,12-17H2,1H3,(H,28,34)(H,29,31)(H,32,33)/t24-/m0/s1. The van der Waals surface area contributed by atoms with Gasteiger partial charge in [0.25, 0.3) is 0 Å². The summed E-state index contributed by atoms with van der Waals surface area (Å²) in [6.07, 6.45) is 2.08. The van der Waals surface area contributed by atoms with E-state index in [1.807, 2.05) is 36.1 Å². The molecule has 2 aliphatic rings. The third kappa shape index (κ3) is 6.00. The van der Waals surface area contributed by atoms with Gasteiger partial charge >= 0.3 is 12.1 Å². The number of nitrogens with one attached hydrogen (secondary N) is 2. The van der Waals surface area contributed by atoms with Gasteiger partial charge in [0.1, 0.15) is 12.6 Å². The summed E-state index contributed by atoms with van der Waals surface area (Å²) in [6, 6.07) is 15.6. The van der Waals surface area contributed by atoms with E-state index < -0.39 is 18.1 Å². The van der Waals surface area contributed by atoms with E-state index >= 15 is 0 Å². The SMILES string of the molecule is CCC[C@H](NC(=O)CN1CCC(NC(=O)OCC2c3ccccc3-c3ccccc32)CC1)C(=O)O. The maximum Gasteiger partial charge on any atom is 0.407 e. The molecule has 1 aliphatic heterocycles. The van der Waals surface area contributed by atoms with Gasteiger partial charge in [-0.25, -0.2) is 9.59 Å². The van der Waals surface area contributed by atoms with Crippen LogP contribution in [0, 0.1) is 0 Å². The molecule has 4 rings (SSSR count). The molecule has 1 atom stereocenters. The molecule has 2 aromatic carbocycles. The van der Waals surface area contributed by atoms with Gasteiger partial charge in [-0.2, -0.15) is 0 Å². The molecule has 0 unspecified atom stereocenters. The molecule has 0 bridgehead atoms. The van der Waals surface area contributed by atoms with Crippen molar-refractivity contribution in [3.05, 3.63) is 59.7 Å². The lowest BCUT2D eigenvalue weighted by atomic mass is 9.98. The van der Waals surface area contributed by atoms with Crippen LogP contribution in [0.25, 0.3) is 11.1 Å². The van der Waals surface area contributed by atoms with Crippen molar-refractivity contribution in [3.8, 4) is 11.1 Å². The average Bonchev–Trinajstić information content (AvgIpc) is 3.17. The third-order valence-corrected chi connectivity index (χ3v) is 6.83. The molecule has 2 amide bonds. The predicted molar refractivity (Wildman–Crippen MR) is 132 cm³/mol. The van der Waals surface area contributed by atoms with Gasteiger partial charge in [0, 0.05) is 25.0 Å². The first-order chi connectivity index (χ1) is 17.0. The predicted octanol–water partition coefficient (Wildman–Crippen LogP) is 3.36. The summed E-state index contributed by atoms with van der Waals surface area (Å²) in [5.74, 6) is -1.27. The summed E-state index contributed by atoms with van der Waals surface area (Å²) in [6.45, 7) is 3.61. The van der Waals surface area contributed by atoms with Crippen LogP contribution in [0.3, 0.4) is 0 Å². The monoisotopic (exact) mass is 479 g/mol. The van der Waals surface area contributed by atoms with Crippen molar-refractivity contribution in [2.45, 2.75) is 50.6 Å². The number of fused-ring (bicyclic) bond motifs is 3. The molecule has 0 aromatic heterocycles. The number of likely N-dealkylation sites (tertiary alicyclic amines) is 1. The fraction of sp³-hybridized carbons (Fsp3) is 0.444. The number of rotatable bonds is 9. The zero-order valence-electron chi connectivity index (χ0n) is 20.0. The van der Waals surface area contributed by atoms with Gasteiger partial charge in [-0.1, -0.05) is 61.9 Å². The summed E-state index contributed by atoms with van der Waals surface area (Å²) in [4.78, 5) is 38.0. The van der Waals surface area contributed by atoms with E-state index in [1.165, 1.54) is 22.3 Å². The first kappa shape index (κ1) is 24.7. The van der Waals surface area contributed by atoms with Crippen LogP contribution in [-0.2, 0) is 14.3 Å². The van der Waals surface area contributed by atoms with Crippen LogP contribution in [-0.4, -0.2) is 66.3 Å². The van der Waals surface area contributed by atoms with Gasteiger partial charge in [0.2, 0.25) is 5.91 Å². The Kier molecular flexibility index (Phi) is 8.02. The minimum atomic E-state index is -1.01. The lowest BCUT2D eigenvalue weighted by Crippen LogP contribution is -2.49. The molecule has 1 saturated heterocycles. The van der Waals surface area contributed by atoms with Crippen molar-refractivity contribution < 1.29 is 24.2 Å². The van der Waals surface area contributed by atoms with Gasteiger partial charge in [0.15, 0.2) is 0 Å². The summed E-state index contributed by atoms with van der Waals surface area (Å²) < 4.78 is 5.64. The van der Waals surface area contributed by atoms with Crippen molar-refractivity contribution in [1.29, 1.82) is 0 Å². The number of benzene rings is 2. The number of alkyl carbamates (subject to hydrolysis) is 1. The second-order valence-electron chi connectivity index (χ2n) is 9.27. The lowest BCUT2D eigenvalue weighted by molar-refractivity contribution is -0.142. The van der Waals surface area contributed by atoms with Crippen LogP contribution in [0.5, 0.6) is 0 Å². The summed E-state index contributed by atoms with van der Waals surface area (Å²) >= 11 is 0. The lowest BCUT2D eigenvalue weighted by Gasteiger charge is -2.32. The normalized spacial score (nSPS) is 16.7. The Labute approximate surface area is 205 Å². The van der Waals surface area contributed by atoms with Crippen molar-refractivity contribution >= 4 is 18.0 Å². The molecule has 1 aliphatic carbocycles. The maximum atomic E-state index is 12.5. The molecule has 0 saturated carbocycles. The van der Waals surface area contributed by atoms with Gasteiger partial charge in [-0.05, 0) is 41.5 Å². The number of carbonyl (C=O) groups excluding carboxylic acids is 2. The van der Waals surface area contributed by atoms with Crippen LogP contribution in [0.15, 0.2) is 48.5 Å². The molecular formula is C27H33N3O5. The zero-order valence-corrected chi connectivity index (χ0v) is 20.0. The Morgan fingerprint density at radius 3 is 2.20 bits per heavy atom. The van der Waals surface area contributed by atoms with E-state index in [0.29, 0.717) is 38.8 Å². The van der Waals surface area contributed by atoms with Gasteiger partial charge in [0.05, 0.1) is 6.54 Å². The zero-order chi connectivity index (χ0) is 24.8. The number of hydrogen-bond acceptors (Lipinski definition) is 5. The largest absolute Gasteiger partial charge is 0.480 e. The van der Waals surface area contributed by atoms with E-state index in [9.17, 15) is 19.5 Å². The quantitative estimate of drug-likeness (QED) is 0.509. The highest BCUT2D eigenvalue weighted by Crippen LogP contribution is 2.44. The fourth-order valence-electron chi connectivity index (χ4n) is 5.03. The topological polar surface area (TPSA) is 108 Å². The highest BCUT2D eigenvalue weighted by atomic mass is 16.5. The van der Waals surface area contributed by atoms with E-state index in [2.05, 4.69) is 34.9 Å². The molecule has 0 radical (unpaired) electrons. The second kappa shape index (κ2) is 11.4. The summed E-state index contributed by atoms with van der Waals surface area (Å²) in [7, 11) is 0. The van der Waals surface area contributed by atoms with Crippen LogP contribution in [0.1, 0.15) is 49.7 Å². The van der Waals surface area contributed by atoms with Crippen LogP contribution in [0.2, 0.25) is 0 Å². The van der Waals surface area contributed by atoms with Crippen molar-refractivity contribution in [2.75, 3.05) is 26.2 Å². The molecule has 35 heavy (non-hydrogen) atoms. The highest BCUT2D eigenvalue weighted by molar-refractivity contribution is 5.84. The van der Waals surface area contributed by atoms with Crippen molar-refractivity contribution in [3.63, 3.8) is 0 Å². The molecular weight excluding hydrogens is 446 g/mol. The van der Waals surface area contributed by atoms with Crippen LogP contribution in [0.4, 0.5) is 4.79 Å². The Balaban J connectivity index is 1.22. The average molecular weight is 480 g/mol. The number of nitrogens with zero attached hydrogens (tertiary/aromatic N) is 1. The molecule has 2 aromatic rings. The van der Waals surface area contributed by atoms with E-state index in [1.54, 1.807) is 0 Å². The molecule has 8 heteroatoms. The van der Waals surface area contributed by atoms with Crippen molar-refractivity contribution in [2.24, 2.45) is 0 Å². The van der Waals surface area contributed by atoms with Gasteiger partial charge in [-0.15, -0.1) is 0 Å². The van der Waals surface area contributed by atoms with E-state index in [4.69, 9.17) is 4.74 Å². The number of ether oxygens (including phenoxy) is 1. The number of hydrogen-bond donors (Lipinski definition) is 3. The first-order valence-electron chi connectivity index (χ1n) is 12.3. The number of carbonyl (C=O) groups is 3. The number of carboxylic acid groups (broad SMARTS) is 1. The Morgan fingerprint density at radius 1 is 1.03 bits per heavy atom. The molecule has 1 heterocycles. The number of carboxylic acids is 1. The summed E-state index contributed by atoms with van der Waals surface area (Å²) in [5.41, 5.74) is 4.74. The third-order valence-electron chi connectivity index (χ3n) is 6.83. The highest BCUT2D eigenvalue weighted by Gasteiger charge is 2.30. The second-order valence-corrected chi connectivity index (χ2v) is 9.27. The Bertz CT molecular complexity index is 1020. The van der Waals surface area contributed by atoms with Crippen LogP contribution >= 0.6 is 0 Å². The first-order valence-corrected chi connectivity index (χ1v) is 12.3. The Morgan fingerprint density at radius 2 is 1.63 bits per heavy atom. The molecule has 0 spiro atoms. The Hall–Kier alpha value is -3.39. The number of aliphatic carboxylic acids is 1. The van der Waals surface area contributed by atoms with Gasteiger partial charge in [-0.3, -0.25) is 9.69 Å².